The number of aromatic amines is 1. The molecular weight excluding hydrogens is 278 g/mol. The van der Waals surface area contributed by atoms with E-state index in [1.807, 2.05) is 18.2 Å². The van der Waals surface area contributed by atoms with Gasteiger partial charge in [-0.3, -0.25) is 9.89 Å². The highest BCUT2D eigenvalue weighted by atomic mass is 35.5. The van der Waals surface area contributed by atoms with Gasteiger partial charge in [-0.25, -0.2) is 4.98 Å². The molecule has 0 saturated carbocycles. The molecule has 0 aliphatic heterocycles. The fraction of sp³-hybridized carbons (Fsp3) is 0.154. The van der Waals surface area contributed by atoms with Crippen LogP contribution in [0.15, 0.2) is 35.1 Å². The fourth-order valence-corrected chi connectivity index (χ4v) is 2.10. The van der Waals surface area contributed by atoms with Crippen molar-refractivity contribution in [2.45, 2.75) is 13.5 Å². The number of nitrogens with zero attached hydrogens (tertiary/aromatic N) is 3. The third-order valence-electron chi connectivity index (χ3n) is 2.83. The molecule has 2 N–H and O–H groups in total. The van der Waals surface area contributed by atoms with E-state index in [4.69, 9.17) is 11.6 Å². The van der Waals surface area contributed by atoms with E-state index in [-0.39, 0.29) is 5.56 Å². The second kappa shape index (κ2) is 4.97. The molecule has 0 unspecified atom stereocenters. The first-order valence-corrected chi connectivity index (χ1v) is 6.45. The van der Waals surface area contributed by atoms with Gasteiger partial charge in [0.25, 0.3) is 11.3 Å². The number of nitrogens with one attached hydrogen (secondary N) is 2. The van der Waals surface area contributed by atoms with E-state index < -0.39 is 0 Å². The van der Waals surface area contributed by atoms with Gasteiger partial charge in [0, 0.05) is 11.8 Å². The monoisotopic (exact) mass is 289 g/mol. The molecule has 3 aromatic rings. The minimum atomic E-state index is -0.177. The number of para-hydroxylation sites is 1. The quantitative estimate of drug-likeness (QED) is 0.773. The molecule has 6 nitrogen and oxygen atoms in total. The van der Waals surface area contributed by atoms with Gasteiger partial charge in [-0.1, -0.05) is 23.7 Å². The highest BCUT2D eigenvalue weighted by Crippen LogP contribution is 2.20. The van der Waals surface area contributed by atoms with Gasteiger partial charge in [0.15, 0.2) is 0 Å². The summed E-state index contributed by atoms with van der Waals surface area (Å²) in [7, 11) is 0. The summed E-state index contributed by atoms with van der Waals surface area (Å²) in [6.07, 6.45) is 0. The number of rotatable bonds is 3. The summed E-state index contributed by atoms with van der Waals surface area (Å²) >= 11 is 6.05. The van der Waals surface area contributed by atoms with Crippen molar-refractivity contribution in [1.82, 2.24) is 19.6 Å². The van der Waals surface area contributed by atoms with E-state index in [9.17, 15) is 4.79 Å². The van der Waals surface area contributed by atoms with Crippen molar-refractivity contribution in [2.24, 2.45) is 0 Å². The topological polar surface area (TPSA) is 75.1 Å². The van der Waals surface area contributed by atoms with Crippen LogP contribution in [-0.2, 0) is 6.54 Å². The summed E-state index contributed by atoms with van der Waals surface area (Å²) in [4.78, 5) is 20.2. The lowest BCUT2D eigenvalue weighted by atomic mass is 10.3. The zero-order valence-electron chi connectivity index (χ0n) is 10.7. The molecule has 7 heteroatoms. The predicted molar refractivity (Wildman–Crippen MR) is 77.1 cm³/mol. The second-order valence-corrected chi connectivity index (χ2v) is 4.78. The first-order chi connectivity index (χ1) is 9.63. The van der Waals surface area contributed by atoms with E-state index >= 15 is 0 Å². The molecule has 0 spiro atoms. The standard InChI is InChI=1S/C13H12ClN5O/c1-8-6-12(20)19-13(16-8)17-11(18-19)7-15-10-5-3-2-4-9(10)14/h2-6,15H,7H2,1H3,(H,16,17,18). The SMILES string of the molecule is Cc1cc(=O)n2[nH]c(CNc3ccccc3Cl)nc2n1. The molecule has 0 aliphatic rings. The van der Waals surface area contributed by atoms with Crippen LogP contribution in [0.2, 0.25) is 5.02 Å². The Balaban J connectivity index is 1.87. The van der Waals surface area contributed by atoms with E-state index in [1.165, 1.54) is 10.6 Å². The van der Waals surface area contributed by atoms with Crippen molar-refractivity contribution in [3.05, 3.63) is 57.2 Å². The molecule has 3 rings (SSSR count). The summed E-state index contributed by atoms with van der Waals surface area (Å²) in [5.41, 5.74) is 1.28. The third kappa shape index (κ3) is 2.37. The molecule has 102 valence electrons. The van der Waals surface area contributed by atoms with Crippen LogP contribution >= 0.6 is 11.6 Å². The maximum Gasteiger partial charge on any atom is 0.274 e. The van der Waals surface area contributed by atoms with Gasteiger partial charge in [0.05, 0.1) is 17.3 Å². The van der Waals surface area contributed by atoms with Crippen molar-refractivity contribution in [1.29, 1.82) is 0 Å². The Bertz CT molecular complexity index is 823. The van der Waals surface area contributed by atoms with Gasteiger partial charge in [-0.15, -0.1) is 0 Å². The van der Waals surface area contributed by atoms with Crippen LogP contribution in [0.25, 0.3) is 5.78 Å². The van der Waals surface area contributed by atoms with E-state index in [0.29, 0.717) is 28.9 Å². The maximum absolute atomic E-state index is 11.8. The van der Waals surface area contributed by atoms with Crippen LogP contribution in [0, 0.1) is 6.92 Å². The maximum atomic E-state index is 11.8. The van der Waals surface area contributed by atoms with E-state index in [1.54, 1.807) is 13.0 Å². The largest absolute Gasteiger partial charge is 0.377 e. The highest BCUT2D eigenvalue weighted by Gasteiger charge is 2.06. The smallest absolute Gasteiger partial charge is 0.274 e. The Morgan fingerprint density at radius 3 is 2.95 bits per heavy atom. The van der Waals surface area contributed by atoms with E-state index in [2.05, 4.69) is 20.4 Å². The summed E-state index contributed by atoms with van der Waals surface area (Å²) in [5.74, 6) is 0.978. The molecule has 2 heterocycles. The summed E-state index contributed by atoms with van der Waals surface area (Å²) in [6, 6.07) is 8.89. The number of anilines is 1. The first kappa shape index (κ1) is 12.7. The number of aryl methyl sites for hydroxylation is 1. The Morgan fingerprint density at radius 2 is 2.15 bits per heavy atom. The van der Waals surface area contributed by atoms with Crippen LogP contribution in [0.5, 0.6) is 0 Å². The van der Waals surface area contributed by atoms with Gasteiger partial charge in [-0.05, 0) is 19.1 Å². The predicted octanol–water partition coefficient (Wildman–Crippen LogP) is 1.99. The zero-order valence-corrected chi connectivity index (χ0v) is 11.5. The van der Waals surface area contributed by atoms with Gasteiger partial charge in [0.2, 0.25) is 0 Å². The second-order valence-electron chi connectivity index (χ2n) is 4.37. The Hall–Kier alpha value is -2.34. The molecular formula is C13H12ClN5O. The number of hydrogen-bond acceptors (Lipinski definition) is 4. The van der Waals surface area contributed by atoms with Crippen LogP contribution in [0.4, 0.5) is 5.69 Å². The summed E-state index contributed by atoms with van der Waals surface area (Å²) in [5, 5.41) is 6.70. The number of benzene rings is 1. The molecule has 0 saturated heterocycles. The molecule has 2 aromatic heterocycles. The van der Waals surface area contributed by atoms with Gasteiger partial charge in [-0.2, -0.15) is 9.50 Å². The number of H-pyrrole nitrogens is 1. The van der Waals surface area contributed by atoms with Gasteiger partial charge < -0.3 is 5.32 Å². The molecule has 0 fully saturated rings. The van der Waals surface area contributed by atoms with Gasteiger partial charge >= 0.3 is 0 Å². The average Bonchev–Trinajstić information content (AvgIpc) is 2.81. The highest BCUT2D eigenvalue weighted by molar-refractivity contribution is 6.33. The van der Waals surface area contributed by atoms with Crippen LogP contribution in [0.3, 0.4) is 0 Å². The summed E-state index contributed by atoms with van der Waals surface area (Å²) in [6.45, 7) is 2.18. The molecule has 0 aliphatic carbocycles. The Morgan fingerprint density at radius 1 is 1.35 bits per heavy atom. The zero-order chi connectivity index (χ0) is 14.1. The van der Waals surface area contributed by atoms with Crippen LogP contribution < -0.4 is 10.9 Å². The van der Waals surface area contributed by atoms with Crippen LogP contribution in [0.1, 0.15) is 11.5 Å². The number of halogens is 1. The molecule has 0 atom stereocenters. The number of aromatic nitrogens is 4. The number of hydrogen-bond donors (Lipinski definition) is 2. The number of fused-ring (bicyclic) bond motifs is 1. The third-order valence-corrected chi connectivity index (χ3v) is 3.15. The minimum absolute atomic E-state index is 0.177. The van der Waals surface area contributed by atoms with Crippen molar-refractivity contribution in [3.63, 3.8) is 0 Å². The molecule has 0 bridgehead atoms. The average molecular weight is 290 g/mol. The van der Waals surface area contributed by atoms with Crippen molar-refractivity contribution in [2.75, 3.05) is 5.32 Å². The van der Waals surface area contributed by atoms with Crippen LogP contribution in [-0.4, -0.2) is 19.6 Å². The lowest BCUT2D eigenvalue weighted by Crippen LogP contribution is -2.14. The van der Waals surface area contributed by atoms with Crippen molar-refractivity contribution >= 4 is 23.1 Å². The normalized spacial score (nSPS) is 10.9. The van der Waals surface area contributed by atoms with Crippen molar-refractivity contribution < 1.29 is 0 Å². The molecule has 1 aromatic carbocycles. The molecule has 0 amide bonds. The lowest BCUT2D eigenvalue weighted by molar-refractivity contribution is 0.852. The van der Waals surface area contributed by atoms with E-state index in [0.717, 1.165) is 5.69 Å². The first-order valence-electron chi connectivity index (χ1n) is 6.07. The lowest BCUT2D eigenvalue weighted by Gasteiger charge is -2.05. The van der Waals surface area contributed by atoms with Gasteiger partial charge in [0.1, 0.15) is 5.82 Å². The fourth-order valence-electron chi connectivity index (χ4n) is 1.90. The minimum Gasteiger partial charge on any atom is -0.377 e. The van der Waals surface area contributed by atoms with Crippen molar-refractivity contribution in [3.8, 4) is 0 Å². The Kier molecular flexibility index (Phi) is 3.15. The summed E-state index contributed by atoms with van der Waals surface area (Å²) < 4.78 is 1.32. The molecule has 20 heavy (non-hydrogen) atoms. The molecule has 0 radical (unpaired) electrons. The Labute approximate surface area is 119 Å².